The van der Waals surface area contributed by atoms with Gasteiger partial charge < -0.3 is 16.8 Å². The van der Waals surface area contributed by atoms with Crippen LogP contribution >= 0.6 is 0 Å². The standard InChI is InChI=1S/C6H13N3/c1-6(8)4-2-3-5(7)9-6/h3,9H,2,4,7-8H2,1H3. The molecule has 5 N–H and O–H groups in total. The third-order valence-electron chi connectivity index (χ3n) is 1.46. The third-order valence-corrected chi connectivity index (χ3v) is 1.46. The first-order chi connectivity index (χ1) is 4.10. The number of hydrogen-bond donors (Lipinski definition) is 3. The van der Waals surface area contributed by atoms with E-state index in [-0.39, 0.29) is 5.66 Å². The third kappa shape index (κ3) is 1.61. The molecule has 0 bridgehead atoms. The van der Waals surface area contributed by atoms with Gasteiger partial charge in [0, 0.05) is 0 Å². The summed E-state index contributed by atoms with van der Waals surface area (Å²) in [5.41, 5.74) is 10.9. The van der Waals surface area contributed by atoms with E-state index in [1.807, 2.05) is 13.0 Å². The van der Waals surface area contributed by atoms with E-state index >= 15 is 0 Å². The van der Waals surface area contributed by atoms with Crippen molar-refractivity contribution in [1.29, 1.82) is 0 Å². The van der Waals surface area contributed by atoms with Crippen LogP contribution in [0, 0.1) is 0 Å². The summed E-state index contributed by atoms with van der Waals surface area (Å²) in [6.45, 7) is 1.94. The average molecular weight is 127 g/mol. The minimum absolute atomic E-state index is 0.293. The Morgan fingerprint density at radius 2 is 2.44 bits per heavy atom. The van der Waals surface area contributed by atoms with E-state index in [4.69, 9.17) is 11.5 Å². The molecule has 0 fully saturated rings. The van der Waals surface area contributed by atoms with Gasteiger partial charge in [0.25, 0.3) is 0 Å². The van der Waals surface area contributed by atoms with Crippen molar-refractivity contribution in [2.45, 2.75) is 25.4 Å². The van der Waals surface area contributed by atoms with Gasteiger partial charge in [-0.1, -0.05) is 0 Å². The van der Waals surface area contributed by atoms with Gasteiger partial charge in [-0.05, 0) is 25.8 Å². The first-order valence-corrected chi connectivity index (χ1v) is 3.13. The van der Waals surface area contributed by atoms with Gasteiger partial charge in [-0.2, -0.15) is 0 Å². The Kier molecular flexibility index (Phi) is 1.37. The van der Waals surface area contributed by atoms with E-state index in [0.29, 0.717) is 5.82 Å². The summed E-state index contributed by atoms with van der Waals surface area (Å²) in [6.07, 6.45) is 3.88. The van der Waals surface area contributed by atoms with Crippen LogP contribution in [0.1, 0.15) is 19.8 Å². The Morgan fingerprint density at radius 1 is 1.78 bits per heavy atom. The van der Waals surface area contributed by atoms with Crippen LogP contribution in [0.4, 0.5) is 0 Å². The number of nitrogens with one attached hydrogen (secondary N) is 1. The summed E-state index contributed by atoms with van der Waals surface area (Å²) in [5, 5.41) is 2.97. The first kappa shape index (κ1) is 6.42. The molecule has 3 nitrogen and oxygen atoms in total. The van der Waals surface area contributed by atoms with Crippen molar-refractivity contribution in [2.24, 2.45) is 11.5 Å². The predicted molar refractivity (Wildman–Crippen MR) is 37.2 cm³/mol. The van der Waals surface area contributed by atoms with E-state index < -0.39 is 0 Å². The van der Waals surface area contributed by atoms with E-state index in [2.05, 4.69) is 5.32 Å². The van der Waals surface area contributed by atoms with Crippen LogP contribution in [0.3, 0.4) is 0 Å². The summed E-state index contributed by atoms with van der Waals surface area (Å²) in [5.74, 6) is 0.700. The molecule has 9 heavy (non-hydrogen) atoms. The zero-order valence-electron chi connectivity index (χ0n) is 5.65. The van der Waals surface area contributed by atoms with Gasteiger partial charge in [-0.15, -0.1) is 0 Å². The number of allylic oxidation sites excluding steroid dienone is 1. The van der Waals surface area contributed by atoms with Crippen LogP contribution in [-0.2, 0) is 0 Å². The second-order valence-electron chi connectivity index (χ2n) is 2.74. The highest BCUT2D eigenvalue weighted by molar-refractivity contribution is 5.03. The summed E-state index contributed by atoms with van der Waals surface area (Å²) in [4.78, 5) is 0. The molecule has 0 aliphatic carbocycles. The van der Waals surface area contributed by atoms with Crippen molar-refractivity contribution in [1.82, 2.24) is 5.32 Å². The van der Waals surface area contributed by atoms with Crippen molar-refractivity contribution >= 4 is 0 Å². The van der Waals surface area contributed by atoms with Gasteiger partial charge >= 0.3 is 0 Å². The lowest BCUT2D eigenvalue weighted by Crippen LogP contribution is -2.53. The normalized spacial score (nSPS) is 35.1. The van der Waals surface area contributed by atoms with Gasteiger partial charge in [0.1, 0.15) is 0 Å². The molecule has 0 amide bonds. The highest BCUT2D eigenvalue weighted by Crippen LogP contribution is 2.11. The minimum Gasteiger partial charge on any atom is -0.386 e. The summed E-state index contributed by atoms with van der Waals surface area (Å²) in [6, 6.07) is 0. The Morgan fingerprint density at radius 3 is 2.78 bits per heavy atom. The maximum absolute atomic E-state index is 5.74. The van der Waals surface area contributed by atoms with Crippen molar-refractivity contribution in [2.75, 3.05) is 0 Å². The maximum Gasteiger partial charge on any atom is 0.0933 e. The van der Waals surface area contributed by atoms with Gasteiger partial charge in [0.15, 0.2) is 0 Å². The zero-order chi connectivity index (χ0) is 6.91. The lowest BCUT2D eigenvalue weighted by molar-refractivity contribution is 0.358. The molecule has 1 unspecified atom stereocenters. The molecule has 0 radical (unpaired) electrons. The molecule has 0 spiro atoms. The van der Waals surface area contributed by atoms with Crippen LogP contribution < -0.4 is 16.8 Å². The maximum atomic E-state index is 5.74. The van der Waals surface area contributed by atoms with Crippen LogP contribution in [0.2, 0.25) is 0 Å². The molecular weight excluding hydrogens is 114 g/mol. The Hall–Kier alpha value is -0.700. The fraction of sp³-hybridized carbons (Fsp3) is 0.667. The average Bonchev–Trinajstić information content (AvgIpc) is 1.60. The molecule has 1 atom stereocenters. The van der Waals surface area contributed by atoms with Crippen LogP contribution in [0.25, 0.3) is 0 Å². The Balaban J connectivity index is 2.59. The van der Waals surface area contributed by atoms with E-state index in [0.717, 1.165) is 12.8 Å². The van der Waals surface area contributed by atoms with Crippen molar-refractivity contribution < 1.29 is 0 Å². The smallest absolute Gasteiger partial charge is 0.0933 e. The molecule has 0 aromatic rings. The summed E-state index contributed by atoms with van der Waals surface area (Å²) >= 11 is 0. The molecule has 52 valence electrons. The molecule has 1 rings (SSSR count). The highest BCUT2D eigenvalue weighted by atomic mass is 15.1. The fourth-order valence-corrected chi connectivity index (χ4v) is 0.971. The van der Waals surface area contributed by atoms with Gasteiger partial charge in [-0.25, -0.2) is 0 Å². The first-order valence-electron chi connectivity index (χ1n) is 3.13. The van der Waals surface area contributed by atoms with E-state index in [9.17, 15) is 0 Å². The molecule has 1 aliphatic heterocycles. The predicted octanol–water partition coefficient (Wildman–Crippen LogP) is -0.155. The molecule has 0 aromatic heterocycles. The van der Waals surface area contributed by atoms with Crippen LogP contribution in [0.5, 0.6) is 0 Å². The highest BCUT2D eigenvalue weighted by Gasteiger charge is 2.19. The Labute approximate surface area is 55.1 Å². The van der Waals surface area contributed by atoms with Gasteiger partial charge in [0.05, 0.1) is 11.5 Å². The Bertz CT molecular complexity index is 137. The summed E-state index contributed by atoms with van der Waals surface area (Å²) < 4.78 is 0. The lowest BCUT2D eigenvalue weighted by atomic mass is 10.0. The topological polar surface area (TPSA) is 64.1 Å². The molecule has 1 aliphatic rings. The fourth-order valence-electron chi connectivity index (χ4n) is 0.971. The molecule has 0 aromatic carbocycles. The molecule has 1 heterocycles. The van der Waals surface area contributed by atoms with Crippen LogP contribution in [0.15, 0.2) is 11.9 Å². The number of nitrogens with two attached hydrogens (primary N) is 2. The second kappa shape index (κ2) is 1.92. The SMILES string of the molecule is CC1(N)CCC=C(N)N1. The van der Waals surface area contributed by atoms with Crippen molar-refractivity contribution in [3.05, 3.63) is 11.9 Å². The number of rotatable bonds is 0. The van der Waals surface area contributed by atoms with Crippen LogP contribution in [-0.4, -0.2) is 5.66 Å². The quantitative estimate of drug-likeness (QED) is 0.424. The molecular formula is C6H13N3. The molecule has 0 saturated heterocycles. The molecule has 3 heteroatoms. The summed E-state index contributed by atoms with van der Waals surface area (Å²) in [7, 11) is 0. The van der Waals surface area contributed by atoms with Gasteiger partial charge in [0.2, 0.25) is 0 Å². The van der Waals surface area contributed by atoms with Crippen molar-refractivity contribution in [3.63, 3.8) is 0 Å². The van der Waals surface area contributed by atoms with E-state index in [1.54, 1.807) is 0 Å². The van der Waals surface area contributed by atoms with Crippen molar-refractivity contribution in [3.8, 4) is 0 Å². The van der Waals surface area contributed by atoms with E-state index in [1.165, 1.54) is 0 Å². The lowest BCUT2D eigenvalue weighted by Gasteiger charge is -2.30. The van der Waals surface area contributed by atoms with Gasteiger partial charge in [-0.3, -0.25) is 0 Å². The molecule has 0 saturated carbocycles. The largest absolute Gasteiger partial charge is 0.386 e. The second-order valence-corrected chi connectivity index (χ2v) is 2.74. The minimum atomic E-state index is -0.293. The number of hydrogen-bond acceptors (Lipinski definition) is 3. The monoisotopic (exact) mass is 127 g/mol. The zero-order valence-corrected chi connectivity index (χ0v) is 5.65.